The molecule has 1 aliphatic heterocycles. The summed E-state index contributed by atoms with van der Waals surface area (Å²) >= 11 is 0. The molecule has 0 radical (unpaired) electrons. The Morgan fingerprint density at radius 3 is 1.96 bits per heavy atom. The zero-order chi connectivity index (χ0) is 20.4. The van der Waals surface area contributed by atoms with Crippen molar-refractivity contribution in [3.05, 3.63) is 24.3 Å². The fourth-order valence-corrected chi connectivity index (χ4v) is 4.80. The third kappa shape index (κ3) is 5.28. The van der Waals surface area contributed by atoms with E-state index in [2.05, 4.69) is 5.32 Å². The van der Waals surface area contributed by atoms with Crippen LogP contribution in [0.3, 0.4) is 0 Å². The van der Waals surface area contributed by atoms with E-state index in [1.807, 2.05) is 20.8 Å². The summed E-state index contributed by atoms with van der Waals surface area (Å²) in [5, 5.41) is 8.01. The van der Waals surface area contributed by atoms with Crippen molar-refractivity contribution in [2.45, 2.75) is 49.4 Å². The maximum Gasteiger partial charge on any atom is 0.243 e. The average Bonchev–Trinajstić information content (AvgIpc) is 2.61. The van der Waals surface area contributed by atoms with Gasteiger partial charge in [0.15, 0.2) is 0 Å². The van der Waals surface area contributed by atoms with Gasteiger partial charge in [-0.25, -0.2) is 22.0 Å². The third-order valence-corrected chi connectivity index (χ3v) is 7.83. The van der Waals surface area contributed by atoms with Crippen molar-refractivity contribution in [1.29, 1.82) is 0 Å². The van der Waals surface area contributed by atoms with Crippen molar-refractivity contribution in [3.63, 3.8) is 0 Å². The Hall–Kier alpha value is -1.49. The molecule has 1 fully saturated rings. The predicted molar refractivity (Wildman–Crippen MR) is 102 cm³/mol. The van der Waals surface area contributed by atoms with Crippen LogP contribution in [0.2, 0.25) is 0 Å². The van der Waals surface area contributed by atoms with Gasteiger partial charge in [-0.3, -0.25) is 4.79 Å². The number of hydrogen-bond acceptors (Lipinski definition) is 5. The van der Waals surface area contributed by atoms with Gasteiger partial charge in [-0.1, -0.05) is 13.8 Å². The van der Waals surface area contributed by atoms with E-state index in [9.17, 15) is 21.6 Å². The van der Waals surface area contributed by atoms with Crippen molar-refractivity contribution < 1.29 is 21.6 Å². The fraction of sp³-hybridized carbons (Fsp3) is 0.588. The van der Waals surface area contributed by atoms with Gasteiger partial charge in [-0.15, -0.1) is 0 Å². The van der Waals surface area contributed by atoms with Gasteiger partial charge < -0.3 is 5.32 Å². The van der Waals surface area contributed by atoms with Gasteiger partial charge in [0.1, 0.15) is 0 Å². The summed E-state index contributed by atoms with van der Waals surface area (Å²) in [5.74, 6) is 0.0860. The summed E-state index contributed by atoms with van der Waals surface area (Å²) in [6.45, 7) is 6.50. The largest absolute Gasteiger partial charge is 0.353 e. The van der Waals surface area contributed by atoms with Crippen molar-refractivity contribution in [2.75, 3.05) is 13.1 Å². The Kier molecular flexibility index (Phi) is 6.67. The topological polar surface area (TPSA) is 127 Å². The Bertz CT molecular complexity index is 872. The van der Waals surface area contributed by atoms with E-state index >= 15 is 0 Å². The summed E-state index contributed by atoms with van der Waals surface area (Å²) in [5.41, 5.74) is 0. The van der Waals surface area contributed by atoms with Gasteiger partial charge in [0.2, 0.25) is 26.0 Å². The Balaban J connectivity index is 2.03. The van der Waals surface area contributed by atoms with Crippen LogP contribution in [-0.4, -0.2) is 46.2 Å². The molecule has 27 heavy (non-hydrogen) atoms. The highest BCUT2D eigenvalue weighted by Crippen LogP contribution is 2.25. The quantitative estimate of drug-likeness (QED) is 0.711. The Morgan fingerprint density at radius 1 is 1.04 bits per heavy atom. The number of primary sulfonamides is 1. The molecule has 1 heterocycles. The highest BCUT2D eigenvalue weighted by Gasteiger charge is 2.32. The predicted octanol–water partition coefficient (Wildman–Crippen LogP) is 0.895. The van der Waals surface area contributed by atoms with Crippen LogP contribution in [-0.2, 0) is 24.8 Å². The number of amides is 1. The van der Waals surface area contributed by atoms with Crippen LogP contribution in [0, 0.1) is 11.8 Å². The number of rotatable bonds is 6. The van der Waals surface area contributed by atoms with Crippen molar-refractivity contribution in [1.82, 2.24) is 9.62 Å². The molecule has 1 unspecified atom stereocenters. The first-order valence-corrected chi connectivity index (χ1v) is 11.8. The normalized spacial score (nSPS) is 18.4. The lowest BCUT2D eigenvalue weighted by molar-refractivity contribution is -0.127. The first kappa shape index (κ1) is 21.8. The number of benzene rings is 1. The number of carbonyl (C=O) groups is 1. The van der Waals surface area contributed by atoms with Crippen molar-refractivity contribution >= 4 is 26.0 Å². The van der Waals surface area contributed by atoms with E-state index in [4.69, 9.17) is 5.14 Å². The van der Waals surface area contributed by atoms with Gasteiger partial charge in [-0.2, -0.15) is 4.31 Å². The maximum atomic E-state index is 12.7. The minimum absolute atomic E-state index is 0.00577. The fourth-order valence-electron chi connectivity index (χ4n) is 2.82. The van der Waals surface area contributed by atoms with Gasteiger partial charge >= 0.3 is 0 Å². The van der Waals surface area contributed by atoms with Crippen LogP contribution in [0.5, 0.6) is 0 Å². The van der Waals surface area contributed by atoms with E-state index in [-0.39, 0.29) is 40.7 Å². The smallest absolute Gasteiger partial charge is 0.243 e. The average molecular weight is 418 g/mol. The number of carbonyl (C=O) groups excluding carboxylic acids is 1. The number of piperidine rings is 1. The standard InChI is InChI=1S/C17H27N3O5S2/c1-12(2)13(3)19-17(21)14-8-10-20(11-9-14)27(24,25)16-6-4-15(5-7-16)26(18,22)23/h4-7,12-14H,8-11H2,1-3H3,(H,19,21)(H2,18,22,23). The second-order valence-electron chi connectivity index (χ2n) is 7.24. The van der Waals surface area contributed by atoms with E-state index < -0.39 is 20.0 Å². The van der Waals surface area contributed by atoms with Gasteiger partial charge in [0, 0.05) is 25.0 Å². The van der Waals surface area contributed by atoms with Crippen LogP contribution in [0.4, 0.5) is 0 Å². The highest BCUT2D eigenvalue weighted by atomic mass is 32.2. The van der Waals surface area contributed by atoms with Crippen molar-refractivity contribution in [2.24, 2.45) is 17.0 Å². The lowest BCUT2D eigenvalue weighted by Gasteiger charge is -2.31. The van der Waals surface area contributed by atoms with Gasteiger partial charge in [0.05, 0.1) is 9.79 Å². The molecule has 1 aliphatic rings. The lowest BCUT2D eigenvalue weighted by Crippen LogP contribution is -2.45. The first-order chi connectivity index (χ1) is 12.4. The molecule has 0 saturated carbocycles. The summed E-state index contributed by atoms with van der Waals surface area (Å²) in [6.07, 6.45) is 0.899. The minimum atomic E-state index is -3.88. The molecule has 1 saturated heterocycles. The van der Waals surface area contributed by atoms with Crippen LogP contribution >= 0.6 is 0 Å². The van der Waals surface area contributed by atoms with Crippen molar-refractivity contribution in [3.8, 4) is 0 Å². The molecular formula is C17H27N3O5S2. The highest BCUT2D eigenvalue weighted by molar-refractivity contribution is 7.89. The number of nitrogens with zero attached hydrogens (tertiary/aromatic N) is 1. The maximum absolute atomic E-state index is 12.7. The zero-order valence-corrected chi connectivity index (χ0v) is 17.4. The lowest BCUT2D eigenvalue weighted by atomic mass is 9.96. The second-order valence-corrected chi connectivity index (χ2v) is 10.7. The molecule has 0 aliphatic carbocycles. The van der Waals surface area contributed by atoms with E-state index in [1.54, 1.807) is 0 Å². The van der Waals surface area contributed by atoms with Crippen LogP contribution < -0.4 is 10.5 Å². The van der Waals surface area contributed by atoms with Crippen LogP contribution in [0.15, 0.2) is 34.1 Å². The third-order valence-electron chi connectivity index (χ3n) is 4.98. The van der Waals surface area contributed by atoms with Gasteiger partial charge in [0.25, 0.3) is 0 Å². The monoisotopic (exact) mass is 417 g/mol. The second kappa shape index (κ2) is 8.26. The first-order valence-electron chi connectivity index (χ1n) is 8.86. The summed E-state index contributed by atoms with van der Waals surface area (Å²) in [7, 11) is -7.62. The molecule has 2 rings (SSSR count). The van der Waals surface area contributed by atoms with E-state index in [0.29, 0.717) is 18.8 Å². The van der Waals surface area contributed by atoms with E-state index in [1.165, 1.54) is 28.6 Å². The number of sulfonamides is 2. The Labute approximate surface area is 161 Å². The molecule has 8 nitrogen and oxygen atoms in total. The molecule has 1 amide bonds. The molecule has 10 heteroatoms. The number of nitrogens with two attached hydrogens (primary N) is 1. The zero-order valence-electron chi connectivity index (χ0n) is 15.8. The van der Waals surface area contributed by atoms with Crippen LogP contribution in [0.25, 0.3) is 0 Å². The summed E-state index contributed by atoms with van der Waals surface area (Å²) in [6, 6.07) is 4.89. The minimum Gasteiger partial charge on any atom is -0.353 e. The molecule has 0 aromatic heterocycles. The molecule has 1 atom stereocenters. The van der Waals surface area contributed by atoms with Crippen LogP contribution in [0.1, 0.15) is 33.6 Å². The molecule has 1 aromatic rings. The number of hydrogen-bond donors (Lipinski definition) is 2. The molecular weight excluding hydrogens is 390 g/mol. The molecule has 0 spiro atoms. The summed E-state index contributed by atoms with van der Waals surface area (Å²) in [4.78, 5) is 12.2. The van der Waals surface area contributed by atoms with E-state index in [0.717, 1.165) is 0 Å². The summed E-state index contributed by atoms with van der Waals surface area (Å²) < 4.78 is 49.4. The van der Waals surface area contributed by atoms with Gasteiger partial charge in [-0.05, 0) is 49.9 Å². The molecule has 3 N–H and O–H groups in total. The SMILES string of the molecule is CC(C)C(C)NC(=O)C1CCN(S(=O)(=O)c2ccc(S(N)(=O)=O)cc2)CC1. The number of nitrogens with one attached hydrogen (secondary N) is 1. The molecule has 1 aromatic carbocycles. The Morgan fingerprint density at radius 2 is 1.52 bits per heavy atom. The molecule has 0 bridgehead atoms. The molecule has 152 valence electrons.